The molecule has 2 saturated heterocycles. The Kier molecular flexibility index (Phi) is 6.01. The van der Waals surface area contributed by atoms with E-state index in [1.807, 2.05) is 6.92 Å². The number of hydrogen-bond acceptors (Lipinski definition) is 10. The highest BCUT2D eigenvalue weighted by atomic mass is 32.2. The molecular weight excluding hydrogens is 518 g/mol. The molecule has 0 amide bonds. The summed E-state index contributed by atoms with van der Waals surface area (Å²) < 4.78 is 80.1. The number of fused-ring (bicyclic) bond motifs is 1. The predicted molar refractivity (Wildman–Crippen MR) is 116 cm³/mol. The molecule has 14 heteroatoms. The van der Waals surface area contributed by atoms with Crippen LogP contribution in [0.4, 0.5) is 8.78 Å². The van der Waals surface area contributed by atoms with E-state index in [-0.39, 0.29) is 33.1 Å². The maximum absolute atomic E-state index is 13.9. The van der Waals surface area contributed by atoms with Crippen LogP contribution in [0.1, 0.15) is 46.0 Å². The minimum Gasteiger partial charge on any atom is -0.454 e. The number of esters is 2. The Balaban J connectivity index is 1.35. The van der Waals surface area contributed by atoms with Crippen LogP contribution in [0.3, 0.4) is 0 Å². The van der Waals surface area contributed by atoms with E-state index in [0.29, 0.717) is 25.9 Å². The summed E-state index contributed by atoms with van der Waals surface area (Å²) in [5.74, 6) is -2.49. The largest absolute Gasteiger partial charge is 0.465 e. The van der Waals surface area contributed by atoms with E-state index in [4.69, 9.17) is 23.5 Å². The van der Waals surface area contributed by atoms with Crippen LogP contribution in [0.5, 0.6) is 0 Å². The van der Waals surface area contributed by atoms with Crippen molar-refractivity contribution in [1.29, 1.82) is 0 Å². The summed E-state index contributed by atoms with van der Waals surface area (Å²) in [5, 5.41) is -5.70. The highest BCUT2D eigenvalue weighted by Crippen LogP contribution is 2.74. The van der Waals surface area contributed by atoms with Crippen LogP contribution in [0.15, 0.2) is 0 Å². The summed E-state index contributed by atoms with van der Waals surface area (Å²) in [4.78, 5) is 24.7. The van der Waals surface area contributed by atoms with Crippen LogP contribution in [0, 0.1) is 17.8 Å². The highest BCUT2D eigenvalue weighted by Gasteiger charge is 2.71. The van der Waals surface area contributed by atoms with Gasteiger partial charge in [0.2, 0.25) is 6.29 Å². The van der Waals surface area contributed by atoms with Gasteiger partial charge < -0.3 is 18.9 Å². The number of alkyl halides is 2. The fraction of sp³-hybridized carbons (Fsp3) is 0.900. The lowest BCUT2D eigenvalue weighted by Gasteiger charge is -2.63. The summed E-state index contributed by atoms with van der Waals surface area (Å²) in [5.41, 5.74) is -1.20. The standard InChI is InChI=1S/C20H26F2O9S3/c1-3-28-9(2)29-16-14-13(15(23)30-16)32-19(33-14)11-4-10-5-12(19)8-18(6-10,7-11)31-17(24)20(21,22)34(25,26)27/h9-14,16H,3-8H2,1-2H3,(H,25,26,27). The van der Waals surface area contributed by atoms with E-state index in [0.717, 1.165) is 12.8 Å². The van der Waals surface area contributed by atoms with Gasteiger partial charge in [-0.05, 0) is 63.7 Å². The lowest BCUT2D eigenvalue weighted by Crippen LogP contribution is -2.62. The van der Waals surface area contributed by atoms with Crippen LogP contribution in [-0.2, 0) is 38.7 Å². The number of hydrogen-bond donors (Lipinski definition) is 1. The van der Waals surface area contributed by atoms with Crippen molar-refractivity contribution in [1.82, 2.24) is 0 Å². The molecule has 0 aromatic carbocycles. The zero-order valence-corrected chi connectivity index (χ0v) is 20.9. The van der Waals surface area contributed by atoms with E-state index < -0.39 is 44.8 Å². The molecule has 4 bridgehead atoms. The van der Waals surface area contributed by atoms with Gasteiger partial charge in [0.1, 0.15) is 10.9 Å². The number of halogens is 2. The highest BCUT2D eigenvalue weighted by molar-refractivity contribution is 8.22. The number of carbonyl (C=O) groups is 2. The molecule has 4 aliphatic carbocycles. The number of thioether (sulfide) groups is 2. The van der Waals surface area contributed by atoms with Gasteiger partial charge in [-0.15, -0.1) is 23.5 Å². The molecule has 0 radical (unpaired) electrons. The molecule has 6 fully saturated rings. The third-order valence-corrected chi connectivity index (χ3v) is 12.7. The van der Waals surface area contributed by atoms with E-state index in [1.165, 1.54) is 0 Å². The number of ether oxygens (including phenoxy) is 4. The van der Waals surface area contributed by atoms with E-state index in [1.54, 1.807) is 30.4 Å². The fourth-order valence-corrected chi connectivity index (χ4v) is 11.1. The monoisotopic (exact) mass is 544 g/mol. The minimum atomic E-state index is -5.94. The molecule has 6 aliphatic rings. The molecule has 6 rings (SSSR count). The summed E-state index contributed by atoms with van der Waals surface area (Å²) in [7, 11) is -5.94. The van der Waals surface area contributed by atoms with Crippen LogP contribution < -0.4 is 0 Å². The van der Waals surface area contributed by atoms with Crippen molar-refractivity contribution in [3.05, 3.63) is 0 Å². The first-order valence-electron chi connectivity index (χ1n) is 11.2. The Morgan fingerprint density at radius 2 is 1.91 bits per heavy atom. The van der Waals surface area contributed by atoms with Crippen molar-refractivity contribution in [2.75, 3.05) is 6.61 Å². The molecule has 1 N–H and O–H groups in total. The second-order valence-corrected chi connectivity index (χ2v) is 14.3. The maximum atomic E-state index is 13.9. The van der Waals surface area contributed by atoms with Crippen LogP contribution in [-0.4, -0.2) is 69.5 Å². The molecule has 6 unspecified atom stereocenters. The van der Waals surface area contributed by atoms with Gasteiger partial charge in [0, 0.05) is 6.61 Å². The molecule has 0 aromatic rings. The molecular formula is C20H26F2O9S3. The van der Waals surface area contributed by atoms with Gasteiger partial charge in [0.15, 0.2) is 6.29 Å². The van der Waals surface area contributed by atoms with Gasteiger partial charge in [-0.2, -0.15) is 17.2 Å². The van der Waals surface area contributed by atoms with Crippen molar-refractivity contribution in [3.8, 4) is 0 Å². The minimum absolute atomic E-state index is 0.0238. The zero-order valence-electron chi connectivity index (χ0n) is 18.5. The third-order valence-electron chi connectivity index (χ3n) is 7.53. The lowest BCUT2D eigenvalue weighted by atomic mass is 9.53. The summed E-state index contributed by atoms with van der Waals surface area (Å²) >= 11 is 3.17. The summed E-state index contributed by atoms with van der Waals surface area (Å²) in [6.45, 7) is 4.02. The molecule has 192 valence electrons. The third kappa shape index (κ3) is 3.78. The average Bonchev–Trinajstić information content (AvgIpc) is 3.23. The van der Waals surface area contributed by atoms with Crippen molar-refractivity contribution >= 4 is 45.6 Å². The van der Waals surface area contributed by atoms with Crippen LogP contribution >= 0.6 is 23.5 Å². The maximum Gasteiger partial charge on any atom is 0.465 e. The molecule has 0 aromatic heterocycles. The van der Waals surface area contributed by atoms with Crippen molar-refractivity contribution in [2.45, 2.75) is 84.0 Å². The molecule has 6 atom stereocenters. The van der Waals surface area contributed by atoms with Crippen LogP contribution in [0.25, 0.3) is 0 Å². The Bertz CT molecular complexity index is 974. The topological polar surface area (TPSA) is 125 Å². The van der Waals surface area contributed by atoms with E-state index >= 15 is 0 Å². The van der Waals surface area contributed by atoms with Crippen molar-refractivity contribution in [2.24, 2.45) is 17.8 Å². The zero-order chi connectivity index (χ0) is 24.7. The van der Waals surface area contributed by atoms with Gasteiger partial charge in [-0.3, -0.25) is 9.35 Å². The molecule has 1 spiro atoms. The Labute approximate surface area is 204 Å². The van der Waals surface area contributed by atoms with Crippen LogP contribution in [0.2, 0.25) is 0 Å². The quantitative estimate of drug-likeness (QED) is 0.289. The van der Waals surface area contributed by atoms with Gasteiger partial charge in [0.05, 0.1) is 9.33 Å². The number of carbonyl (C=O) groups excluding carboxylic acids is 2. The lowest BCUT2D eigenvalue weighted by molar-refractivity contribution is -0.219. The molecule has 34 heavy (non-hydrogen) atoms. The fourth-order valence-electron chi connectivity index (χ4n) is 6.49. The van der Waals surface area contributed by atoms with Crippen molar-refractivity contribution in [3.63, 3.8) is 0 Å². The van der Waals surface area contributed by atoms with E-state index in [2.05, 4.69) is 0 Å². The number of rotatable bonds is 7. The van der Waals surface area contributed by atoms with Gasteiger partial charge in [-0.1, -0.05) is 0 Å². The average molecular weight is 545 g/mol. The molecule has 4 saturated carbocycles. The normalized spacial score (nSPS) is 43.7. The smallest absolute Gasteiger partial charge is 0.454 e. The first-order chi connectivity index (χ1) is 15.8. The molecule has 2 aliphatic heterocycles. The predicted octanol–water partition coefficient (Wildman–Crippen LogP) is 2.78. The van der Waals surface area contributed by atoms with Crippen molar-refractivity contribution < 1.29 is 50.3 Å². The first-order valence-corrected chi connectivity index (χ1v) is 14.4. The van der Waals surface area contributed by atoms with Gasteiger partial charge in [-0.25, -0.2) is 4.79 Å². The van der Waals surface area contributed by atoms with Gasteiger partial charge in [0.25, 0.3) is 0 Å². The molecule has 9 nitrogen and oxygen atoms in total. The Hall–Kier alpha value is -0.670. The molecule has 2 heterocycles. The summed E-state index contributed by atoms with van der Waals surface area (Å²) in [6, 6.07) is 0. The van der Waals surface area contributed by atoms with Gasteiger partial charge >= 0.3 is 27.3 Å². The second kappa shape index (κ2) is 8.17. The Morgan fingerprint density at radius 3 is 2.50 bits per heavy atom. The summed E-state index contributed by atoms with van der Waals surface area (Å²) in [6.07, 6.45) is 1.28. The first kappa shape index (κ1) is 25.0. The van der Waals surface area contributed by atoms with E-state index in [9.17, 15) is 26.8 Å². The second-order valence-electron chi connectivity index (χ2n) is 9.71. The number of cyclic esters (lactones) is 1. The Morgan fingerprint density at radius 1 is 1.26 bits per heavy atom. The SMILES string of the molecule is CCOC(C)OC1OC(=O)C2SC3(SC12)C1CC2CC3CC(OC(=O)C(F)(F)S(=O)(=O)O)(C2)C1.